The van der Waals surface area contributed by atoms with Gasteiger partial charge in [0, 0.05) is 10.0 Å². The number of carboxylic acid groups (broad SMARTS) is 1. The second kappa shape index (κ2) is 5.13. The number of halogens is 3. The molecule has 0 fully saturated rings. The number of benzene rings is 2. The maximum absolute atomic E-state index is 13.5. The van der Waals surface area contributed by atoms with E-state index in [0.29, 0.717) is 26.4 Å². The molecule has 0 aliphatic rings. The van der Waals surface area contributed by atoms with Gasteiger partial charge in [-0.3, -0.25) is 0 Å². The Labute approximate surface area is 131 Å². The van der Waals surface area contributed by atoms with Gasteiger partial charge in [0.2, 0.25) is 0 Å². The first kappa shape index (κ1) is 14.0. The van der Waals surface area contributed by atoms with Gasteiger partial charge in [-0.1, -0.05) is 17.7 Å². The van der Waals surface area contributed by atoms with Gasteiger partial charge in [-0.25, -0.2) is 14.2 Å². The Balaban J connectivity index is 2.29. The topological polar surface area (TPSA) is 66.0 Å². The van der Waals surface area contributed by atoms with Crippen LogP contribution in [0.4, 0.5) is 4.39 Å². The van der Waals surface area contributed by atoms with Crippen LogP contribution in [0.25, 0.3) is 22.4 Å². The van der Waals surface area contributed by atoms with Gasteiger partial charge in [0.25, 0.3) is 0 Å². The van der Waals surface area contributed by atoms with Crippen molar-refractivity contribution in [2.24, 2.45) is 0 Å². The average molecular weight is 370 g/mol. The number of hydrogen-bond acceptors (Lipinski definition) is 2. The van der Waals surface area contributed by atoms with Gasteiger partial charge in [0.15, 0.2) is 0 Å². The first-order valence-corrected chi connectivity index (χ1v) is 7.01. The average Bonchev–Trinajstić information content (AvgIpc) is 2.84. The Hall–Kier alpha value is -1.92. The predicted octanol–water partition coefficient (Wildman–Crippen LogP) is 4.48. The summed E-state index contributed by atoms with van der Waals surface area (Å²) in [6.45, 7) is 0. The highest BCUT2D eigenvalue weighted by molar-refractivity contribution is 9.10. The normalized spacial score (nSPS) is 11.0. The molecule has 2 aromatic carbocycles. The molecule has 1 heterocycles. The van der Waals surface area contributed by atoms with E-state index in [1.165, 1.54) is 6.07 Å². The molecule has 106 valence electrons. The van der Waals surface area contributed by atoms with Gasteiger partial charge in [-0.05, 0) is 40.2 Å². The summed E-state index contributed by atoms with van der Waals surface area (Å²) in [5.74, 6) is -1.50. The highest BCUT2D eigenvalue weighted by Gasteiger charge is 2.17. The Kier molecular flexibility index (Phi) is 3.43. The van der Waals surface area contributed by atoms with Crippen LogP contribution in [0.1, 0.15) is 10.4 Å². The monoisotopic (exact) mass is 368 g/mol. The van der Waals surface area contributed by atoms with E-state index in [-0.39, 0.29) is 11.1 Å². The third-order valence-corrected chi connectivity index (χ3v) is 4.28. The van der Waals surface area contributed by atoms with Crippen molar-refractivity contribution in [3.05, 3.63) is 51.2 Å². The third kappa shape index (κ3) is 2.41. The molecule has 21 heavy (non-hydrogen) atoms. The van der Waals surface area contributed by atoms with E-state index >= 15 is 0 Å². The Morgan fingerprint density at radius 3 is 2.86 bits per heavy atom. The Bertz CT molecular complexity index is 879. The number of carboxylic acids is 1. The minimum absolute atomic E-state index is 0.190. The van der Waals surface area contributed by atoms with Crippen molar-refractivity contribution in [3.8, 4) is 11.4 Å². The SMILES string of the molecule is O=C(O)c1cc(F)cc2[nH]c(-c3cccc(Br)c3Cl)nc12. The predicted molar refractivity (Wildman–Crippen MR) is 81.2 cm³/mol. The van der Waals surface area contributed by atoms with Crippen molar-refractivity contribution in [1.29, 1.82) is 0 Å². The van der Waals surface area contributed by atoms with E-state index in [2.05, 4.69) is 25.9 Å². The first-order chi connectivity index (χ1) is 9.97. The van der Waals surface area contributed by atoms with Crippen molar-refractivity contribution in [1.82, 2.24) is 9.97 Å². The number of imidazole rings is 1. The van der Waals surface area contributed by atoms with E-state index < -0.39 is 11.8 Å². The number of carbonyl (C=O) groups is 1. The molecule has 0 spiro atoms. The van der Waals surface area contributed by atoms with Crippen LogP contribution in [0.3, 0.4) is 0 Å². The van der Waals surface area contributed by atoms with E-state index in [4.69, 9.17) is 16.7 Å². The van der Waals surface area contributed by atoms with Crippen molar-refractivity contribution < 1.29 is 14.3 Å². The molecule has 3 aromatic rings. The summed E-state index contributed by atoms with van der Waals surface area (Å²) in [6, 6.07) is 7.43. The molecule has 0 aliphatic carbocycles. The maximum Gasteiger partial charge on any atom is 0.338 e. The van der Waals surface area contributed by atoms with Crippen LogP contribution in [-0.2, 0) is 0 Å². The van der Waals surface area contributed by atoms with Crippen LogP contribution in [0, 0.1) is 5.82 Å². The summed E-state index contributed by atoms with van der Waals surface area (Å²) in [5.41, 5.74) is 0.894. The van der Waals surface area contributed by atoms with E-state index in [9.17, 15) is 9.18 Å². The summed E-state index contributed by atoms with van der Waals surface area (Å²) in [4.78, 5) is 18.3. The summed E-state index contributed by atoms with van der Waals surface area (Å²) in [5, 5.41) is 9.57. The Morgan fingerprint density at radius 1 is 1.38 bits per heavy atom. The highest BCUT2D eigenvalue weighted by Crippen LogP contribution is 2.33. The van der Waals surface area contributed by atoms with Crippen LogP contribution in [0.15, 0.2) is 34.8 Å². The fourth-order valence-corrected chi connectivity index (χ4v) is 2.64. The lowest BCUT2D eigenvalue weighted by Gasteiger charge is -2.01. The number of aromatic nitrogens is 2. The largest absolute Gasteiger partial charge is 0.478 e. The fraction of sp³-hybridized carbons (Fsp3) is 0. The Morgan fingerprint density at radius 2 is 2.14 bits per heavy atom. The summed E-state index contributed by atoms with van der Waals surface area (Å²) >= 11 is 9.50. The van der Waals surface area contributed by atoms with Gasteiger partial charge in [0.05, 0.1) is 16.1 Å². The molecule has 0 bridgehead atoms. The molecule has 0 aliphatic heterocycles. The second-order valence-electron chi connectivity index (χ2n) is 4.34. The minimum atomic E-state index is -1.24. The number of nitrogens with one attached hydrogen (secondary N) is 1. The molecule has 1 aromatic heterocycles. The second-order valence-corrected chi connectivity index (χ2v) is 5.57. The molecule has 4 nitrogen and oxygen atoms in total. The molecule has 0 saturated carbocycles. The zero-order valence-electron chi connectivity index (χ0n) is 10.3. The molecule has 2 N–H and O–H groups in total. The zero-order valence-corrected chi connectivity index (χ0v) is 12.7. The van der Waals surface area contributed by atoms with Crippen LogP contribution in [-0.4, -0.2) is 21.0 Å². The molecule has 0 amide bonds. The van der Waals surface area contributed by atoms with Crippen LogP contribution in [0.5, 0.6) is 0 Å². The molecular weight excluding hydrogens is 363 g/mol. The van der Waals surface area contributed by atoms with Gasteiger partial charge in [-0.15, -0.1) is 0 Å². The zero-order chi connectivity index (χ0) is 15.1. The number of nitrogens with zero attached hydrogens (tertiary/aromatic N) is 1. The van der Waals surface area contributed by atoms with Crippen LogP contribution >= 0.6 is 27.5 Å². The van der Waals surface area contributed by atoms with Gasteiger partial charge in [0.1, 0.15) is 17.2 Å². The van der Waals surface area contributed by atoms with Crippen LogP contribution < -0.4 is 0 Å². The highest BCUT2D eigenvalue weighted by atomic mass is 79.9. The lowest BCUT2D eigenvalue weighted by atomic mass is 10.2. The summed E-state index contributed by atoms with van der Waals surface area (Å²) in [7, 11) is 0. The molecule has 0 unspecified atom stereocenters. The number of rotatable bonds is 2. The summed E-state index contributed by atoms with van der Waals surface area (Å²) in [6.07, 6.45) is 0. The van der Waals surface area contributed by atoms with Gasteiger partial charge < -0.3 is 10.1 Å². The number of hydrogen-bond donors (Lipinski definition) is 2. The smallest absolute Gasteiger partial charge is 0.338 e. The van der Waals surface area contributed by atoms with Crippen molar-refractivity contribution >= 4 is 44.5 Å². The van der Waals surface area contributed by atoms with E-state index in [1.807, 2.05) is 0 Å². The lowest BCUT2D eigenvalue weighted by Crippen LogP contribution is -1.98. The number of fused-ring (bicyclic) bond motifs is 1. The number of aromatic amines is 1. The quantitative estimate of drug-likeness (QED) is 0.700. The summed E-state index contributed by atoms with van der Waals surface area (Å²) < 4.78 is 14.2. The van der Waals surface area contributed by atoms with E-state index in [0.717, 1.165) is 6.07 Å². The molecule has 3 rings (SSSR count). The van der Waals surface area contributed by atoms with E-state index in [1.54, 1.807) is 18.2 Å². The maximum atomic E-state index is 13.5. The van der Waals surface area contributed by atoms with Crippen LogP contribution in [0.2, 0.25) is 5.02 Å². The van der Waals surface area contributed by atoms with Crippen molar-refractivity contribution in [2.45, 2.75) is 0 Å². The molecule has 0 radical (unpaired) electrons. The lowest BCUT2D eigenvalue weighted by molar-refractivity contribution is 0.0698. The van der Waals surface area contributed by atoms with Crippen molar-refractivity contribution in [2.75, 3.05) is 0 Å². The molecule has 0 atom stereocenters. The molecule has 7 heteroatoms. The molecular formula is C14H7BrClFN2O2. The van der Waals surface area contributed by atoms with Gasteiger partial charge >= 0.3 is 5.97 Å². The standard InChI is InChI=1S/C14H7BrClFN2O2/c15-9-3-1-2-7(11(9)16)13-18-10-5-6(17)4-8(14(20)21)12(10)19-13/h1-5H,(H,18,19)(H,20,21). The number of aromatic carboxylic acids is 1. The number of H-pyrrole nitrogens is 1. The fourth-order valence-electron chi connectivity index (χ4n) is 2.06. The third-order valence-electron chi connectivity index (χ3n) is 2.99. The first-order valence-electron chi connectivity index (χ1n) is 5.84. The van der Waals surface area contributed by atoms with Gasteiger partial charge in [-0.2, -0.15) is 0 Å². The van der Waals surface area contributed by atoms with Crippen molar-refractivity contribution in [3.63, 3.8) is 0 Å². The molecule has 0 saturated heterocycles. The minimum Gasteiger partial charge on any atom is -0.478 e.